The first-order chi connectivity index (χ1) is 8.13. The van der Waals surface area contributed by atoms with Gasteiger partial charge < -0.3 is 4.90 Å². The maximum atomic E-state index is 6.02. The maximum absolute atomic E-state index is 6.02. The molecule has 1 nitrogen and oxygen atoms in total. The zero-order chi connectivity index (χ0) is 12.4. The van der Waals surface area contributed by atoms with Crippen LogP contribution in [0, 0.1) is 5.92 Å². The van der Waals surface area contributed by atoms with Crippen LogP contribution in [-0.2, 0) is 5.88 Å². The lowest BCUT2D eigenvalue weighted by Crippen LogP contribution is -2.42. The molecule has 1 aromatic rings. The molecule has 94 valence electrons. The Morgan fingerprint density at radius 3 is 2.82 bits per heavy atom. The molecule has 0 N–H and O–H groups in total. The quantitative estimate of drug-likeness (QED) is 0.705. The average molecular weight is 272 g/mol. The third kappa shape index (κ3) is 2.71. The highest BCUT2D eigenvalue weighted by molar-refractivity contribution is 6.30. The normalized spacial score (nSPS) is 25.1. The molecule has 1 aliphatic heterocycles. The Balaban J connectivity index is 2.32. The van der Waals surface area contributed by atoms with E-state index in [4.69, 9.17) is 23.2 Å². The lowest BCUT2D eigenvalue weighted by atomic mass is 9.91. The Morgan fingerprint density at radius 1 is 1.35 bits per heavy atom. The van der Waals surface area contributed by atoms with Gasteiger partial charge in [0.05, 0.1) is 0 Å². The van der Waals surface area contributed by atoms with Crippen LogP contribution in [0.5, 0.6) is 0 Å². The van der Waals surface area contributed by atoms with Crippen molar-refractivity contribution in [3.63, 3.8) is 0 Å². The minimum Gasteiger partial charge on any atom is -0.368 e. The van der Waals surface area contributed by atoms with E-state index >= 15 is 0 Å². The zero-order valence-corrected chi connectivity index (χ0v) is 11.9. The highest BCUT2D eigenvalue weighted by atomic mass is 35.5. The number of piperidine rings is 1. The second-order valence-corrected chi connectivity index (χ2v) is 5.66. The molecule has 0 aliphatic carbocycles. The first kappa shape index (κ1) is 13.0. The average Bonchev–Trinajstić information content (AvgIpc) is 2.33. The van der Waals surface area contributed by atoms with E-state index in [0.717, 1.165) is 23.0 Å². The molecule has 2 atom stereocenters. The number of alkyl halides is 1. The Morgan fingerprint density at radius 2 is 2.12 bits per heavy atom. The van der Waals surface area contributed by atoms with Crippen molar-refractivity contribution in [3.05, 3.63) is 28.8 Å². The smallest absolute Gasteiger partial charge is 0.0495 e. The molecule has 0 radical (unpaired) electrons. The van der Waals surface area contributed by atoms with Crippen LogP contribution < -0.4 is 4.90 Å². The van der Waals surface area contributed by atoms with E-state index in [1.54, 1.807) is 0 Å². The van der Waals surface area contributed by atoms with Crippen LogP contribution in [0.15, 0.2) is 18.2 Å². The van der Waals surface area contributed by atoms with Gasteiger partial charge in [0.15, 0.2) is 0 Å². The predicted molar refractivity (Wildman–Crippen MR) is 76.2 cm³/mol. The Hall–Kier alpha value is -0.400. The third-order valence-electron chi connectivity index (χ3n) is 3.87. The molecule has 0 aromatic heterocycles. The van der Waals surface area contributed by atoms with Crippen LogP contribution >= 0.6 is 23.2 Å². The predicted octanol–water partition coefficient (Wildman–Crippen LogP) is 4.70. The van der Waals surface area contributed by atoms with Crippen LogP contribution in [0.1, 0.15) is 32.3 Å². The van der Waals surface area contributed by atoms with Gasteiger partial charge in [0.2, 0.25) is 0 Å². The number of hydrogen-bond acceptors (Lipinski definition) is 1. The number of rotatable bonds is 2. The minimum absolute atomic E-state index is 0.521. The van der Waals surface area contributed by atoms with Crippen molar-refractivity contribution in [1.29, 1.82) is 0 Å². The van der Waals surface area contributed by atoms with Gasteiger partial charge in [-0.3, -0.25) is 0 Å². The molecular formula is C14H19Cl2N. The lowest BCUT2D eigenvalue weighted by molar-refractivity contribution is 0.363. The van der Waals surface area contributed by atoms with Crippen molar-refractivity contribution >= 4 is 28.9 Å². The first-order valence-electron chi connectivity index (χ1n) is 6.24. The third-order valence-corrected chi connectivity index (χ3v) is 4.39. The summed E-state index contributed by atoms with van der Waals surface area (Å²) in [4.78, 5) is 2.47. The number of halogens is 2. The van der Waals surface area contributed by atoms with Crippen LogP contribution in [0.25, 0.3) is 0 Å². The van der Waals surface area contributed by atoms with E-state index in [2.05, 4.69) is 24.8 Å². The van der Waals surface area contributed by atoms with Crippen LogP contribution in [0.2, 0.25) is 5.02 Å². The summed E-state index contributed by atoms with van der Waals surface area (Å²) in [5, 5.41) is 0.766. The summed E-state index contributed by atoms with van der Waals surface area (Å²) in [6, 6.07) is 6.62. The Kier molecular flexibility index (Phi) is 4.22. The summed E-state index contributed by atoms with van der Waals surface area (Å²) >= 11 is 12.0. The summed E-state index contributed by atoms with van der Waals surface area (Å²) in [5.74, 6) is 1.26. The van der Waals surface area contributed by atoms with Crippen molar-refractivity contribution in [2.24, 2.45) is 5.92 Å². The highest BCUT2D eigenvalue weighted by Gasteiger charge is 2.26. The molecule has 3 heteroatoms. The fraction of sp³-hybridized carbons (Fsp3) is 0.571. The first-order valence-corrected chi connectivity index (χ1v) is 7.15. The Labute approximate surface area is 114 Å². The number of benzene rings is 1. The molecule has 0 saturated carbocycles. The summed E-state index contributed by atoms with van der Waals surface area (Å²) in [5.41, 5.74) is 2.39. The number of nitrogens with zero attached hydrogens (tertiary/aromatic N) is 1. The molecule has 1 aliphatic rings. The van der Waals surface area contributed by atoms with Crippen molar-refractivity contribution in [1.82, 2.24) is 0 Å². The summed E-state index contributed by atoms with van der Waals surface area (Å²) in [6.45, 7) is 5.75. The molecule has 1 saturated heterocycles. The van der Waals surface area contributed by atoms with E-state index in [9.17, 15) is 0 Å². The lowest BCUT2D eigenvalue weighted by Gasteiger charge is -2.40. The fourth-order valence-corrected chi connectivity index (χ4v) is 3.03. The minimum atomic E-state index is 0.521. The zero-order valence-electron chi connectivity index (χ0n) is 10.4. The molecule has 0 spiro atoms. The van der Waals surface area contributed by atoms with Crippen molar-refractivity contribution in [2.75, 3.05) is 11.4 Å². The molecule has 1 heterocycles. The van der Waals surface area contributed by atoms with E-state index < -0.39 is 0 Å². The standard InChI is InChI=1S/C14H19Cl2N/c1-10-4-3-7-17(11(10)2)14-6-5-13(16)8-12(14)9-15/h5-6,8,10-11H,3-4,7,9H2,1-2H3. The summed E-state index contributed by atoms with van der Waals surface area (Å²) in [7, 11) is 0. The van der Waals surface area contributed by atoms with Gasteiger partial charge in [-0.05, 0) is 49.4 Å². The summed E-state index contributed by atoms with van der Waals surface area (Å²) < 4.78 is 0. The molecule has 2 unspecified atom stereocenters. The Bertz CT molecular complexity index is 392. The van der Waals surface area contributed by atoms with Gasteiger partial charge in [-0.25, -0.2) is 0 Å². The number of anilines is 1. The molecule has 1 aromatic carbocycles. The van der Waals surface area contributed by atoms with Crippen LogP contribution in [0.3, 0.4) is 0 Å². The number of hydrogen-bond donors (Lipinski definition) is 0. The molecule has 0 bridgehead atoms. The SMILES string of the molecule is CC1CCCN(c2ccc(Cl)cc2CCl)C1C. The second-order valence-electron chi connectivity index (χ2n) is 4.96. The summed E-state index contributed by atoms with van der Waals surface area (Å²) in [6.07, 6.45) is 2.58. The van der Waals surface area contributed by atoms with E-state index in [1.807, 2.05) is 12.1 Å². The van der Waals surface area contributed by atoms with Crippen molar-refractivity contribution in [2.45, 2.75) is 38.6 Å². The topological polar surface area (TPSA) is 3.24 Å². The van der Waals surface area contributed by atoms with E-state index in [0.29, 0.717) is 11.9 Å². The highest BCUT2D eigenvalue weighted by Crippen LogP contribution is 2.32. The monoisotopic (exact) mass is 271 g/mol. The molecule has 0 amide bonds. The van der Waals surface area contributed by atoms with Gasteiger partial charge in [-0.15, -0.1) is 11.6 Å². The van der Waals surface area contributed by atoms with Gasteiger partial charge in [0.25, 0.3) is 0 Å². The molecular weight excluding hydrogens is 253 g/mol. The molecule has 1 fully saturated rings. The van der Waals surface area contributed by atoms with Gasteiger partial charge in [-0.2, -0.15) is 0 Å². The van der Waals surface area contributed by atoms with E-state index in [-0.39, 0.29) is 0 Å². The second kappa shape index (κ2) is 5.49. The van der Waals surface area contributed by atoms with Crippen LogP contribution in [0.4, 0.5) is 5.69 Å². The van der Waals surface area contributed by atoms with Gasteiger partial charge in [-0.1, -0.05) is 18.5 Å². The molecule has 2 rings (SSSR count). The van der Waals surface area contributed by atoms with Crippen molar-refractivity contribution < 1.29 is 0 Å². The van der Waals surface area contributed by atoms with Gasteiger partial charge in [0.1, 0.15) is 0 Å². The van der Waals surface area contributed by atoms with Crippen molar-refractivity contribution in [3.8, 4) is 0 Å². The maximum Gasteiger partial charge on any atom is 0.0495 e. The van der Waals surface area contributed by atoms with Crippen LogP contribution in [-0.4, -0.2) is 12.6 Å². The van der Waals surface area contributed by atoms with Gasteiger partial charge >= 0.3 is 0 Å². The largest absolute Gasteiger partial charge is 0.368 e. The fourth-order valence-electron chi connectivity index (χ4n) is 2.62. The van der Waals surface area contributed by atoms with E-state index in [1.165, 1.54) is 18.5 Å². The molecule has 17 heavy (non-hydrogen) atoms. The van der Waals surface area contributed by atoms with Gasteiger partial charge in [0, 0.05) is 29.2 Å².